The summed E-state index contributed by atoms with van der Waals surface area (Å²) in [5, 5.41) is 17.6. The van der Waals surface area contributed by atoms with E-state index >= 15 is 0 Å². The summed E-state index contributed by atoms with van der Waals surface area (Å²) in [6.45, 7) is 5.07. The topological polar surface area (TPSA) is 101 Å². The molecule has 1 heterocycles. The van der Waals surface area contributed by atoms with E-state index in [2.05, 4.69) is 20.5 Å². The van der Waals surface area contributed by atoms with E-state index in [1.165, 1.54) is 12.1 Å². The van der Waals surface area contributed by atoms with E-state index in [9.17, 15) is 10.1 Å². The molecule has 9 nitrogen and oxygen atoms in total. The molecule has 0 amide bonds. The Morgan fingerprint density at radius 1 is 1.12 bits per heavy atom. The lowest BCUT2D eigenvalue weighted by Crippen LogP contribution is -2.48. The number of methoxy groups -OCH3 is 2. The van der Waals surface area contributed by atoms with Gasteiger partial charge in [-0.1, -0.05) is 12.1 Å². The summed E-state index contributed by atoms with van der Waals surface area (Å²) in [4.78, 5) is 17.4. The van der Waals surface area contributed by atoms with E-state index in [1.54, 1.807) is 26.4 Å². The molecule has 1 saturated heterocycles. The molecule has 2 N–H and O–H groups in total. The molecule has 172 valence electrons. The number of non-ortho nitro benzene ring substituents is 1. The smallest absolute Gasteiger partial charge is 0.269 e. The van der Waals surface area contributed by atoms with E-state index in [1.807, 2.05) is 25.1 Å². The average Bonchev–Trinajstić information content (AvgIpc) is 2.83. The number of hydrogen-bond acceptors (Lipinski definition) is 6. The molecule has 1 aliphatic heterocycles. The van der Waals surface area contributed by atoms with E-state index < -0.39 is 4.92 Å². The second kappa shape index (κ2) is 11.2. The van der Waals surface area contributed by atoms with Gasteiger partial charge in [-0.05, 0) is 25.3 Å². The standard InChI is InChI=1S/C23H31N5O4/c1-4-24-23(25-16-17-5-7-19(8-6-17)28(29)30)26-18-9-11-27(12-10-18)20-13-21(31-2)15-22(14-20)32-3/h5-8,13-15,18H,4,9-12,16H2,1-3H3,(H2,24,25,26). The number of hydrogen-bond donors (Lipinski definition) is 2. The third-order valence-corrected chi connectivity index (χ3v) is 5.45. The van der Waals surface area contributed by atoms with Gasteiger partial charge in [-0.2, -0.15) is 0 Å². The Hall–Kier alpha value is -3.49. The van der Waals surface area contributed by atoms with Gasteiger partial charge in [0.05, 0.1) is 25.7 Å². The zero-order valence-corrected chi connectivity index (χ0v) is 18.8. The van der Waals surface area contributed by atoms with E-state index in [0.717, 1.165) is 61.2 Å². The number of aliphatic imine (C=N–C) groups is 1. The summed E-state index contributed by atoms with van der Waals surface area (Å²) in [7, 11) is 3.32. The molecule has 9 heteroatoms. The third kappa shape index (κ3) is 6.26. The summed E-state index contributed by atoms with van der Waals surface area (Å²) < 4.78 is 10.8. The molecule has 3 rings (SSSR count). The highest BCUT2D eigenvalue weighted by Gasteiger charge is 2.21. The number of guanidine groups is 1. The fourth-order valence-corrected chi connectivity index (χ4v) is 3.66. The Morgan fingerprint density at radius 3 is 2.28 bits per heavy atom. The van der Waals surface area contributed by atoms with Crippen molar-refractivity contribution >= 4 is 17.3 Å². The summed E-state index contributed by atoms with van der Waals surface area (Å²) >= 11 is 0. The van der Waals surface area contributed by atoms with Crippen LogP contribution in [0, 0.1) is 10.1 Å². The number of rotatable bonds is 8. The fourth-order valence-electron chi connectivity index (χ4n) is 3.66. The molecule has 0 radical (unpaired) electrons. The van der Waals surface area contributed by atoms with Crippen LogP contribution in [0.4, 0.5) is 11.4 Å². The molecule has 0 spiro atoms. The normalized spacial score (nSPS) is 14.7. The summed E-state index contributed by atoms with van der Waals surface area (Å²) in [6.07, 6.45) is 1.95. The van der Waals surface area contributed by atoms with Crippen LogP contribution in [0.1, 0.15) is 25.3 Å². The van der Waals surface area contributed by atoms with Gasteiger partial charge in [0.15, 0.2) is 5.96 Å². The van der Waals surface area contributed by atoms with Crippen LogP contribution in [0.5, 0.6) is 11.5 Å². The predicted octanol–water partition coefficient (Wildman–Crippen LogP) is 3.34. The highest BCUT2D eigenvalue weighted by atomic mass is 16.6. The largest absolute Gasteiger partial charge is 0.497 e. The van der Waals surface area contributed by atoms with Gasteiger partial charge in [0.1, 0.15) is 11.5 Å². The number of nitrogens with zero attached hydrogens (tertiary/aromatic N) is 3. The van der Waals surface area contributed by atoms with Gasteiger partial charge < -0.3 is 25.0 Å². The number of nitro benzene ring substituents is 1. The molecule has 1 fully saturated rings. The zero-order valence-electron chi connectivity index (χ0n) is 18.8. The Kier molecular flexibility index (Phi) is 8.13. The Balaban J connectivity index is 1.58. The average molecular weight is 442 g/mol. The predicted molar refractivity (Wildman–Crippen MR) is 126 cm³/mol. The minimum atomic E-state index is -0.396. The van der Waals surface area contributed by atoms with Crippen LogP contribution in [-0.4, -0.2) is 50.8 Å². The van der Waals surface area contributed by atoms with Crippen LogP contribution in [0.2, 0.25) is 0 Å². The molecule has 0 atom stereocenters. The van der Waals surface area contributed by atoms with Crippen molar-refractivity contribution in [2.45, 2.75) is 32.4 Å². The fraction of sp³-hybridized carbons (Fsp3) is 0.435. The van der Waals surface area contributed by atoms with Crippen LogP contribution < -0.4 is 25.0 Å². The molecule has 32 heavy (non-hydrogen) atoms. The minimum absolute atomic E-state index is 0.0863. The summed E-state index contributed by atoms with van der Waals surface area (Å²) in [6, 6.07) is 12.8. The second-order valence-electron chi connectivity index (χ2n) is 7.60. The van der Waals surface area contributed by atoms with Crippen molar-refractivity contribution in [3.63, 3.8) is 0 Å². The van der Waals surface area contributed by atoms with Crippen LogP contribution in [0.25, 0.3) is 0 Å². The van der Waals surface area contributed by atoms with Crippen molar-refractivity contribution < 1.29 is 14.4 Å². The van der Waals surface area contributed by atoms with Crippen molar-refractivity contribution in [2.24, 2.45) is 4.99 Å². The van der Waals surface area contributed by atoms with Gasteiger partial charge in [-0.15, -0.1) is 0 Å². The Bertz CT molecular complexity index is 902. The maximum absolute atomic E-state index is 10.8. The van der Waals surface area contributed by atoms with Gasteiger partial charge >= 0.3 is 0 Å². The second-order valence-corrected chi connectivity index (χ2v) is 7.60. The first-order chi connectivity index (χ1) is 15.5. The van der Waals surface area contributed by atoms with E-state index in [0.29, 0.717) is 12.6 Å². The maximum atomic E-state index is 10.8. The van der Waals surface area contributed by atoms with Crippen molar-refractivity contribution in [1.29, 1.82) is 0 Å². The molecule has 0 aromatic heterocycles. The SMILES string of the molecule is CCNC(=NCc1ccc([N+](=O)[O-])cc1)NC1CCN(c2cc(OC)cc(OC)c2)CC1. The summed E-state index contributed by atoms with van der Waals surface area (Å²) in [5.74, 6) is 2.33. The minimum Gasteiger partial charge on any atom is -0.497 e. The molecule has 0 unspecified atom stereocenters. The van der Waals surface area contributed by atoms with Crippen LogP contribution in [0.3, 0.4) is 0 Å². The van der Waals surface area contributed by atoms with Crippen molar-refractivity contribution in [2.75, 3.05) is 38.8 Å². The van der Waals surface area contributed by atoms with Crippen LogP contribution in [0.15, 0.2) is 47.5 Å². The van der Waals surface area contributed by atoms with Gasteiger partial charge in [0, 0.05) is 61.7 Å². The van der Waals surface area contributed by atoms with Crippen molar-refractivity contribution in [1.82, 2.24) is 10.6 Å². The molecule has 2 aromatic rings. The Morgan fingerprint density at radius 2 is 1.75 bits per heavy atom. The molecule has 0 bridgehead atoms. The van der Waals surface area contributed by atoms with Crippen LogP contribution >= 0.6 is 0 Å². The summed E-state index contributed by atoms with van der Waals surface area (Å²) in [5.41, 5.74) is 2.11. The first-order valence-corrected chi connectivity index (χ1v) is 10.8. The van der Waals surface area contributed by atoms with Gasteiger partial charge in [-0.3, -0.25) is 10.1 Å². The van der Waals surface area contributed by atoms with Crippen molar-refractivity contribution in [3.05, 3.63) is 58.1 Å². The molecular weight excluding hydrogens is 410 g/mol. The quantitative estimate of drug-likeness (QED) is 0.280. The molecule has 2 aromatic carbocycles. The van der Waals surface area contributed by atoms with Crippen LogP contribution in [-0.2, 0) is 6.54 Å². The lowest BCUT2D eigenvalue weighted by atomic mass is 10.0. The van der Waals surface area contributed by atoms with Gasteiger partial charge in [0.2, 0.25) is 0 Å². The van der Waals surface area contributed by atoms with E-state index in [-0.39, 0.29) is 5.69 Å². The highest BCUT2D eigenvalue weighted by molar-refractivity contribution is 5.80. The van der Waals surface area contributed by atoms with Gasteiger partial charge in [-0.25, -0.2) is 4.99 Å². The third-order valence-electron chi connectivity index (χ3n) is 5.45. The number of benzene rings is 2. The highest BCUT2D eigenvalue weighted by Crippen LogP contribution is 2.30. The molecular formula is C23H31N5O4. The maximum Gasteiger partial charge on any atom is 0.269 e. The van der Waals surface area contributed by atoms with Gasteiger partial charge in [0.25, 0.3) is 5.69 Å². The molecule has 0 saturated carbocycles. The first-order valence-electron chi connectivity index (χ1n) is 10.8. The van der Waals surface area contributed by atoms with Crippen molar-refractivity contribution in [3.8, 4) is 11.5 Å². The first kappa shape index (κ1) is 23.2. The molecule has 1 aliphatic rings. The number of piperidine rings is 1. The lowest BCUT2D eigenvalue weighted by Gasteiger charge is -2.34. The van der Waals surface area contributed by atoms with E-state index in [4.69, 9.17) is 9.47 Å². The molecule has 0 aliphatic carbocycles. The zero-order chi connectivity index (χ0) is 22.9. The number of anilines is 1. The lowest BCUT2D eigenvalue weighted by molar-refractivity contribution is -0.384. The monoisotopic (exact) mass is 441 g/mol. The number of nitrogens with one attached hydrogen (secondary N) is 2. The number of nitro groups is 1. The Labute approximate surface area is 188 Å². The number of ether oxygens (including phenoxy) is 2.